The fourth-order valence-corrected chi connectivity index (χ4v) is 2.56. The van der Waals surface area contributed by atoms with Gasteiger partial charge in [0.2, 0.25) is 0 Å². The lowest BCUT2D eigenvalue weighted by molar-refractivity contribution is -0.00461. The predicted octanol–water partition coefficient (Wildman–Crippen LogP) is 1.65. The molecule has 1 saturated heterocycles. The molecule has 0 radical (unpaired) electrons. The average molecular weight is 316 g/mol. The van der Waals surface area contributed by atoms with Gasteiger partial charge in [0.1, 0.15) is 28.5 Å². The van der Waals surface area contributed by atoms with Gasteiger partial charge in [-0.3, -0.25) is 0 Å². The van der Waals surface area contributed by atoms with Gasteiger partial charge in [-0.25, -0.2) is 9.97 Å². The molecule has 1 aliphatic rings. The number of methoxy groups -OCH3 is 2. The van der Waals surface area contributed by atoms with Crippen LogP contribution in [0, 0.1) is 0 Å². The van der Waals surface area contributed by atoms with Crippen molar-refractivity contribution in [1.82, 2.24) is 9.97 Å². The molecule has 5 nitrogen and oxygen atoms in total. The Balaban J connectivity index is 2.20. The van der Waals surface area contributed by atoms with Gasteiger partial charge in [-0.15, -0.1) is 0 Å². The molecule has 6 heteroatoms. The van der Waals surface area contributed by atoms with Crippen molar-refractivity contribution >= 4 is 21.7 Å². The van der Waals surface area contributed by atoms with Gasteiger partial charge in [-0.1, -0.05) is 6.92 Å². The summed E-state index contributed by atoms with van der Waals surface area (Å²) in [7, 11) is 3.43. The molecule has 2 atom stereocenters. The van der Waals surface area contributed by atoms with Gasteiger partial charge in [0.05, 0.1) is 0 Å². The number of aromatic nitrogens is 2. The molecule has 18 heavy (non-hydrogen) atoms. The minimum atomic E-state index is 0.0915. The van der Waals surface area contributed by atoms with Gasteiger partial charge in [0.15, 0.2) is 0 Å². The van der Waals surface area contributed by atoms with E-state index in [2.05, 4.69) is 30.8 Å². The second-order valence-electron chi connectivity index (χ2n) is 4.27. The molecule has 0 N–H and O–H groups in total. The van der Waals surface area contributed by atoms with Crippen LogP contribution in [0.1, 0.15) is 12.7 Å². The molecule has 2 unspecified atom stereocenters. The molecule has 1 aliphatic heterocycles. The molecule has 2 heterocycles. The maximum absolute atomic E-state index is 5.43. The van der Waals surface area contributed by atoms with Crippen LogP contribution in [-0.4, -0.2) is 49.5 Å². The molecule has 0 aromatic carbocycles. The molecule has 0 bridgehead atoms. The zero-order valence-electron chi connectivity index (χ0n) is 10.9. The van der Waals surface area contributed by atoms with Crippen molar-refractivity contribution in [3.63, 3.8) is 0 Å². The fourth-order valence-electron chi connectivity index (χ4n) is 2.16. The predicted molar refractivity (Wildman–Crippen MR) is 72.9 cm³/mol. The maximum Gasteiger partial charge on any atom is 0.133 e. The maximum atomic E-state index is 5.43. The van der Waals surface area contributed by atoms with Crippen molar-refractivity contribution in [3.05, 3.63) is 16.5 Å². The summed E-state index contributed by atoms with van der Waals surface area (Å²) in [5.74, 6) is 1.77. The lowest BCUT2D eigenvalue weighted by atomic mass is 10.3. The van der Waals surface area contributed by atoms with E-state index >= 15 is 0 Å². The number of anilines is 1. The summed E-state index contributed by atoms with van der Waals surface area (Å²) in [5, 5.41) is 0. The highest BCUT2D eigenvalue weighted by molar-refractivity contribution is 9.10. The number of rotatable bonds is 4. The van der Waals surface area contributed by atoms with Gasteiger partial charge >= 0.3 is 0 Å². The van der Waals surface area contributed by atoms with E-state index in [-0.39, 0.29) is 12.2 Å². The topological polar surface area (TPSA) is 47.5 Å². The van der Waals surface area contributed by atoms with Gasteiger partial charge in [0, 0.05) is 39.8 Å². The molecular formula is C12H18BrN3O2. The first-order chi connectivity index (χ1) is 8.67. The smallest absolute Gasteiger partial charge is 0.133 e. The summed E-state index contributed by atoms with van der Waals surface area (Å²) in [6.45, 7) is 3.63. The Morgan fingerprint density at radius 3 is 2.39 bits per heavy atom. The first-order valence-corrected chi connectivity index (χ1v) is 6.81. The lowest BCUT2D eigenvalue weighted by Crippen LogP contribution is -2.27. The summed E-state index contributed by atoms with van der Waals surface area (Å²) in [5.41, 5.74) is 0. The van der Waals surface area contributed by atoms with Gasteiger partial charge in [0.25, 0.3) is 0 Å². The van der Waals surface area contributed by atoms with E-state index in [0.29, 0.717) is 0 Å². The van der Waals surface area contributed by atoms with Crippen LogP contribution in [0.5, 0.6) is 0 Å². The van der Waals surface area contributed by atoms with Gasteiger partial charge < -0.3 is 14.4 Å². The van der Waals surface area contributed by atoms with Crippen LogP contribution in [0.25, 0.3) is 0 Å². The molecule has 100 valence electrons. The number of hydrogen-bond acceptors (Lipinski definition) is 5. The zero-order valence-corrected chi connectivity index (χ0v) is 12.5. The van der Waals surface area contributed by atoms with Crippen molar-refractivity contribution < 1.29 is 9.47 Å². The average Bonchev–Trinajstić information content (AvgIpc) is 2.81. The van der Waals surface area contributed by atoms with Crippen LogP contribution in [0.2, 0.25) is 0 Å². The number of aryl methyl sites for hydroxylation is 1. The van der Waals surface area contributed by atoms with E-state index in [4.69, 9.17) is 9.47 Å². The van der Waals surface area contributed by atoms with Crippen molar-refractivity contribution in [1.29, 1.82) is 0 Å². The number of nitrogens with zero attached hydrogens (tertiary/aromatic N) is 3. The summed E-state index contributed by atoms with van der Waals surface area (Å²) in [4.78, 5) is 11.0. The third-order valence-corrected chi connectivity index (χ3v) is 3.59. The third-order valence-electron chi connectivity index (χ3n) is 3.19. The Hall–Kier alpha value is -0.720. The highest BCUT2D eigenvalue weighted by Crippen LogP contribution is 2.23. The summed E-state index contributed by atoms with van der Waals surface area (Å²) < 4.78 is 11.7. The van der Waals surface area contributed by atoms with Crippen molar-refractivity contribution in [2.75, 3.05) is 32.2 Å². The monoisotopic (exact) mass is 315 g/mol. The van der Waals surface area contributed by atoms with Gasteiger partial charge in [-0.05, 0) is 15.9 Å². The highest BCUT2D eigenvalue weighted by atomic mass is 79.9. The second kappa shape index (κ2) is 5.95. The Morgan fingerprint density at radius 2 is 1.89 bits per heavy atom. The Kier molecular flexibility index (Phi) is 4.53. The number of halogens is 1. The Labute approximate surface area is 116 Å². The van der Waals surface area contributed by atoms with E-state index < -0.39 is 0 Å². The highest BCUT2D eigenvalue weighted by Gasteiger charge is 2.33. The molecule has 1 aromatic rings. The SMILES string of the molecule is CCc1nc(Br)cc(N2CC(OC)C(OC)C2)n1. The van der Waals surface area contributed by atoms with E-state index in [1.165, 1.54) is 0 Å². The zero-order chi connectivity index (χ0) is 13.1. The van der Waals surface area contributed by atoms with E-state index in [1.807, 2.05) is 13.0 Å². The summed E-state index contributed by atoms with van der Waals surface area (Å²) in [6, 6.07) is 1.93. The van der Waals surface area contributed by atoms with Crippen molar-refractivity contribution in [3.8, 4) is 0 Å². The molecule has 0 saturated carbocycles. The third kappa shape index (κ3) is 2.81. The second-order valence-corrected chi connectivity index (χ2v) is 5.08. The molecular weight excluding hydrogens is 298 g/mol. The Bertz CT molecular complexity index is 404. The molecule has 0 aliphatic carbocycles. The Morgan fingerprint density at radius 1 is 1.28 bits per heavy atom. The van der Waals surface area contributed by atoms with E-state index in [9.17, 15) is 0 Å². The summed E-state index contributed by atoms with van der Waals surface area (Å²) in [6.07, 6.45) is 1.00. The number of hydrogen-bond donors (Lipinski definition) is 0. The fraction of sp³-hybridized carbons (Fsp3) is 0.667. The molecule has 0 spiro atoms. The van der Waals surface area contributed by atoms with E-state index in [0.717, 1.165) is 35.8 Å². The normalized spacial score (nSPS) is 23.7. The van der Waals surface area contributed by atoms with Crippen LogP contribution >= 0.6 is 15.9 Å². The van der Waals surface area contributed by atoms with Crippen LogP contribution in [0.4, 0.5) is 5.82 Å². The quantitative estimate of drug-likeness (QED) is 0.791. The molecule has 1 fully saturated rings. The molecule has 0 amide bonds. The van der Waals surface area contributed by atoms with Crippen molar-refractivity contribution in [2.24, 2.45) is 0 Å². The molecule has 2 rings (SSSR count). The van der Waals surface area contributed by atoms with Crippen LogP contribution in [0.15, 0.2) is 10.7 Å². The van der Waals surface area contributed by atoms with Crippen LogP contribution < -0.4 is 4.90 Å². The van der Waals surface area contributed by atoms with Crippen LogP contribution in [-0.2, 0) is 15.9 Å². The van der Waals surface area contributed by atoms with Crippen molar-refractivity contribution in [2.45, 2.75) is 25.6 Å². The standard InChI is InChI=1S/C12H18BrN3O2/c1-4-11-14-10(13)5-12(15-11)16-6-8(17-2)9(7-16)18-3/h5,8-9H,4,6-7H2,1-3H3. The minimum Gasteiger partial charge on any atom is -0.377 e. The van der Waals surface area contributed by atoms with E-state index in [1.54, 1.807) is 14.2 Å². The molecule has 1 aromatic heterocycles. The van der Waals surface area contributed by atoms with Gasteiger partial charge in [-0.2, -0.15) is 0 Å². The largest absolute Gasteiger partial charge is 0.377 e. The lowest BCUT2D eigenvalue weighted by Gasteiger charge is -2.17. The number of ether oxygens (including phenoxy) is 2. The minimum absolute atomic E-state index is 0.0915. The van der Waals surface area contributed by atoms with Crippen LogP contribution in [0.3, 0.4) is 0 Å². The first-order valence-electron chi connectivity index (χ1n) is 6.02. The summed E-state index contributed by atoms with van der Waals surface area (Å²) >= 11 is 3.42. The first kappa shape index (κ1) is 13.7.